The molecule has 11 amide bonds. The van der Waals surface area contributed by atoms with Crippen molar-refractivity contribution in [3.8, 4) is 0 Å². The second kappa shape index (κ2) is 35.2. The molecule has 0 heterocycles. The number of nitrogens with two attached hydrogens (primary N) is 1. The molecule has 0 radical (unpaired) electrons. The monoisotopic (exact) mass is 1180 g/mol. The standard InChI is InChI=1S/C60H109N11O12/c1-25-27-28-38(13)50(73)49(54(77)63-43(26-2)57(80)65(18)32-47(72)66(19)41(16)51(61)74)71(24)60(83)48(37(11)12)70(23)59(82)46(31-35(7)8)69(22)58(81)45(30-34(5)6)68(21)56(79)40(15)62-53(76)44(29-33(3)4)64-52(75)42(17)67(20)55(78)39(14)36(9)10/h25,27,33-46,48-50,73H,26,28-32H2,1-24H3,(H2,61,74)(H,62,76)(H,63,77)(H,64,75)/b27-25-/t38-,39+,40-,41-,42-,43+,44-,45+,46+,48+,49?,50-/m0/s1. The fourth-order valence-electron chi connectivity index (χ4n) is 9.57. The molecule has 1 unspecified atom stereocenters. The van der Waals surface area contributed by atoms with Crippen LogP contribution < -0.4 is 21.7 Å². The number of hydrogen-bond donors (Lipinski definition) is 5. The Bertz CT molecular complexity index is 2240. The first-order valence-corrected chi connectivity index (χ1v) is 29.5. The smallest absolute Gasteiger partial charge is 0.246 e. The molecule has 0 aromatic carbocycles. The molecule has 0 fully saturated rings. The van der Waals surface area contributed by atoms with Crippen molar-refractivity contribution in [3.05, 3.63) is 12.2 Å². The predicted molar refractivity (Wildman–Crippen MR) is 321 cm³/mol. The summed E-state index contributed by atoms with van der Waals surface area (Å²) in [5.74, 6) is -8.61. The molecule has 0 aliphatic heterocycles. The van der Waals surface area contributed by atoms with Crippen molar-refractivity contribution >= 4 is 65.0 Å². The highest BCUT2D eigenvalue weighted by Gasteiger charge is 2.45. The Hall–Kier alpha value is -6.13. The Kier molecular flexibility index (Phi) is 32.6. The minimum absolute atomic E-state index is 0.0409. The Morgan fingerprint density at radius 2 is 0.940 bits per heavy atom. The van der Waals surface area contributed by atoms with E-state index in [1.165, 1.54) is 75.7 Å². The normalized spacial score (nSPS) is 16.1. The van der Waals surface area contributed by atoms with Crippen molar-refractivity contribution in [1.29, 1.82) is 0 Å². The van der Waals surface area contributed by atoms with Crippen molar-refractivity contribution in [2.45, 2.75) is 210 Å². The molecule has 23 heteroatoms. The summed E-state index contributed by atoms with van der Waals surface area (Å²) in [6.07, 6.45) is 2.99. The van der Waals surface area contributed by atoms with Crippen molar-refractivity contribution < 1.29 is 57.8 Å². The van der Waals surface area contributed by atoms with Crippen LogP contribution in [0.3, 0.4) is 0 Å². The van der Waals surface area contributed by atoms with Crippen LogP contribution in [0.1, 0.15) is 150 Å². The van der Waals surface area contributed by atoms with Crippen LogP contribution in [0.15, 0.2) is 12.2 Å². The van der Waals surface area contributed by atoms with Gasteiger partial charge in [-0.1, -0.05) is 102 Å². The van der Waals surface area contributed by atoms with Crippen molar-refractivity contribution in [2.75, 3.05) is 55.9 Å². The molecular weight excluding hydrogens is 1070 g/mol. The molecule has 0 saturated heterocycles. The van der Waals surface area contributed by atoms with E-state index in [1.807, 2.05) is 55.4 Å². The number of nitrogens with one attached hydrogen (secondary N) is 3. The summed E-state index contributed by atoms with van der Waals surface area (Å²) < 4.78 is 0. The third-order valence-corrected chi connectivity index (χ3v) is 15.8. The molecule has 23 nitrogen and oxygen atoms in total. The number of amides is 11. The number of carbonyl (C=O) groups is 11. The fraction of sp³-hybridized carbons (Fsp3) is 0.783. The molecule has 0 aromatic heterocycles. The van der Waals surface area contributed by atoms with Gasteiger partial charge in [0.15, 0.2) is 0 Å². The molecule has 0 bridgehead atoms. The molecule has 12 atom stereocenters. The van der Waals surface area contributed by atoms with Crippen LogP contribution in [0.5, 0.6) is 0 Å². The second-order valence-corrected chi connectivity index (χ2v) is 24.8. The molecule has 0 aliphatic rings. The second-order valence-electron chi connectivity index (χ2n) is 24.8. The highest BCUT2D eigenvalue weighted by atomic mass is 16.3. The van der Waals surface area contributed by atoms with Gasteiger partial charge in [0.1, 0.15) is 54.4 Å². The molecule has 83 heavy (non-hydrogen) atoms. The third kappa shape index (κ3) is 22.4. The van der Waals surface area contributed by atoms with E-state index < -0.39 is 138 Å². The SMILES string of the molecule is C/C=C\C[C@H](C)[C@H](O)C(C(=O)N[C@H](CC)C(=O)N(C)CC(=O)N(C)[C@@H](C)C(N)=O)N(C)C(=O)[C@@H](C(C)C)N(C)C(=O)[C@@H](CC(C)C)N(C)C(=O)[C@@H](CC(C)C)N(C)C(=O)[C@H](C)NC(=O)[C@H](CC(C)C)NC(=O)[C@H](C)N(C)C(=O)[C@H](C)C(C)C. The summed E-state index contributed by atoms with van der Waals surface area (Å²) in [4.78, 5) is 162. The van der Waals surface area contributed by atoms with Crippen molar-refractivity contribution in [1.82, 2.24) is 50.2 Å². The van der Waals surface area contributed by atoms with Gasteiger partial charge in [-0.3, -0.25) is 52.7 Å². The number of allylic oxidation sites excluding steroid dienone is 2. The average molecular weight is 1180 g/mol. The van der Waals surface area contributed by atoms with Gasteiger partial charge in [0.2, 0.25) is 65.0 Å². The lowest BCUT2D eigenvalue weighted by atomic mass is 9.91. The Balaban J connectivity index is 7.11. The summed E-state index contributed by atoms with van der Waals surface area (Å²) in [6, 6.07) is -10.5. The summed E-state index contributed by atoms with van der Waals surface area (Å²) in [6.45, 7) is 29.5. The van der Waals surface area contributed by atoms with E-state index in [-0.39, 0.29) is 61.2 Å². The highest BCUT2D eigenvalue weighted by Crippen LogP contribution is 2.25. The lowest BCUT2D eigenvalue weighted by Gasteiger charge is -2.41. The van der Waals surface area contributed by atoms with Gasteiger partial charge in [-0.2, -0.15) is 0 Å². The zero-order valence-electron chi connectivity index (χ0n) is 54.9. The summed E-state index contributed by atoms with van der Waals surface area (Å²) >= 11 is 0. The van der Waals surface area contributed by atoms with Gasteiger partial charge in [0.05, 0.1) is 12.6 Å². The zero-order chi connectivity index (χ0) is 65.0. The van der Waals surface area contributed by atoms with Crippen LogP contribution in [0, 0.1) is 41.4 Å². The van der Waals surface area contributed by atoms with Crippen LogP contribution in [0.2, 0.25) is 0 Å². The molecule has 6 N–H and O–H groups in total. The highest BCUT2D eigenvalue weighted by molar-refractivity contribution is 5.98. The van der Waals surface area contributed by atoms with Crippen LogP contribution in [0.4, 0.5) is 0 Å². The Labute approximate surface area is 496 Å². The van der Waals surface area contributed by atoms with Crippen molar-refractivity contribution in [3.63, 3.8) is 0 Å². The van der Waals surface area contributed by atoms with E-state index in [1.54, 1.807) is 67.7 Å². The maximum Gasteiger partial charge on any atom is 0.246 e. The number of carbonyl (C=O) groups excluding carboxylic acids is 11. The first kappa shape index (κ1) is 76.9. The molecule has 0 aliphatic carbocycles. The van der Waals surface area contributed by atoms with Crippen molar-refractivity contribution in [2.24, 2.45) is 47.2 Å². The van der Waals surface area contributed by atoms with Crippen LogP contribution in [0.25, 0.3) is 0 Å². The number of hydrogen-bond acceptors (Lipinski definition) is 12. The summed E-state index contributed by atoms with van der Waals surface area (Å²) in [5.41, 5.74) is 5.38. The van der Waals surface area contributed by atoms with Crippen LogP contribution in [-0.2, 0) is 52.7 Å². The minimum atomic E-state index is -1.59. The lowest BCUT2D eigenvalue weighted by molar-refractivity contribution is -0.157. The average Bonchev–Trinajstić information content (AvgIpc) is 3.45. The molecule has 0 spiro atoms. The first-order chi connectivity index (χ1) is 38.2. The van der Waals surface area contributed by atoms with Crippen LogP contribution in [-0.4, -0.2) is 221 Å². The quantitative estimate of drug-likeness (QED) is 0.0582. The summed E-state index contributed by atoms with van der Waals surface area (Å²) in [7, 11) is 9.96. The van der Waals surface area contributed by atoms with Gasteiger partial charge in [-0.25, -0.2) is 0 Å². The number of aliphatic hydroxyl groups excluding tert-OH is 1. The van der Waals surface area contributed by atoms with Crippen LogP contribution >= 0.6 is 0 Å². The Morgan fingerprint density at radius 3 is 1.37 bits per heavy atom. The molecule has 476 valence electrons. The van der Waals surface area contributed by atoms with Gasteiger partial charge in [0.25, 0.3) is 0 Å². The van der Waals surface area contributed by atoms with E-state index >= 15 is 9.59 Å². The van der Waals surface area contributed by atoms with Gasteiger partial charge in [0, 0.05) is 55.3 Å². The number of aliphatic hydroxyl groups is 1. The van der Waals surface area contributed by atoms with Gasteiger partial charge in [-0.05, 0) is 95.3 Å². The van der Waals surface area contributed by atoms with E-state index in [4.69, 9.17) is 5.73 Å². The van der Waals surface area contributed by atoms with E-state index in [0.29, 0.717) is 6.42 Å². The summed E-state index contributed by atoms with van der Waals surface area (Å²) in [5, 5.41) is 20.2. The van der Waals surface area contributed by atoms with E-state index in [2.05, 4.69) is 16.0 Å². The van der Waals surface area contributed by atoms with E-state index in [9.17, 15) is 48.3 Å². The number of rotatable bonds is 34. The zero-order valence-corrected chi connectivity index (χ0v) is 54.9. The lowest BCUT2D eigenvalue weighted by Crippen LogP contribution is -2.63. The van der Waals surface area contributed by atoms with Gasteiger partial charge in [-0.15, -0.1) is 0 Å². The molecule has 0 rings (SSSR count). The van der Waals surface area contributed by atoms with Gasteiger partial charge >= 0.3 is 0 Å². The van der Waals surface area contributed by atoms with E-state index in [0.717, 1.165) is 14.7 Å². The molecule has 0 aromatic rings. The number of primary amides is 1. The minimum Gasteiger partial charge on any atom is -0.390 e. The predicted octanol–water partition coefficient (Wildman–Crippen LogP) is 2.87. The molecule has 0 saturated carbocycles. The number of likely N-dealkylation sites (N-methyl/N-ethyl adjacent to an activating group) is 7. The maximum absolute atomic E-state index is 15.1. The fourth-order valence-corrected chi connectivity index (χ4v) is 9.57. The topological polar surface area (TPSA) is 293 Å². The largest absolute Gasteiger partial charge is 0.390 e. The first-order valence-electron chi connectivity index (χ1n) is 29.5. The Morgan fingerprint density at radius 1 is 0.482 bits per heavy atom. The van der Waals surface area contributed by atoms with Gasteiger partial charge < -0.3 is 61.1 Å². The third-order valence-electron chi connectivity index (χ3n) is 15.8. The maximum atomic E-state index is 15.1. The number of nitrogens with zero attached hydrogens (tertiary/aromatic N) is 7. The molecular formula is C60H109N11O12.